The molecule has 0 atom stereocenters. The standard InChI is InChI=1S/C8H8F3Te/c1-12(8(9,10)11)7-5-3-2-4-6-7/h2-6H,1H3/q+1. The topological polar surface area (TPSA) is 0 Å². The molecule has 1 rings (SSSR count). The Balaban J connectivity index is 2.86. The monoisotopic (exact) mass is 291 g/mol. The Labute approximate surface area is 76.0 Å². The van der Waals surface area contributed by atoms with Crippen LogP contribution in [0.3, 0.4) is 0 Å². The van der Waals surface area contributed by atoms with Crippen LogP contribution in [-0.4, -0.2) is 23.8 Å². The number of hydrogen-bond donors (Lipinski definition) is 0. The van der Waals surface area contributed by atoms with Crippen LogP contribution < -0.4 is 3.61 Å². The van der Waals surface area contributed by atoms with Gasteiger partial charge >= 0.3 is 75.9 Å². The van der Waals surface area contributed by atoms with Gasteiger partial charge < -0.3 is 0 Å². The summed E-state index contributed by atoms with van der Waals surface area (Å²) in [5.41, 5.74) is 0. The molecule has 4 heteroatoms. The number of benzene rings is 1. The van der Waals surface area contributed by atoms with Crippen LogP contribution in [0, 0.1) is 0 Å². The second kappa shape index (κ2) is 3.67. The molecular weight excluding hydrogens is 281 g/mol. The summed E-state index contributed by atoms with van der Waals surface area (Å²) in [7, 11) is 0. The zero-order valence-electron chi connectivity index (χ0n) is 6.43. The van der Waals surface area contributed by atoms with E-state index in [1.165, 1.54) is 4.97 Å². The van der Waals surface area contributed by atoms with Gasteiger partial charge in [0.15, 0.2) is 0 Å². The average molecular weight is 289 g/mol. The number of alkyl halides is 3. The average Bonchev–Trinajstić information content (AvgIpc) is 2.03. The van der Waals surface area contributed by atoms with Gasteiger partial charge in [-0.1, -0.05) is 0 Å². The minimum atomic E-state index is -3.97. The van der Waals surface area contributed by atoms with E-state index in [1.807, 2.05) is 0 Å². The molecule has 0 unspecified atom stereocenters. The number of rotatable bonds is 1. The fourth-order valence-corrected chi connectivity index (χ4v) is 3.13. The summed E-state index contributed by atoms with van der Waals surface area (Å²) in [5, 5.41) is 0. The first-order valence-corrected chi connectivity index (χ1v) is 7.95. The SMILES string of the molecule is C[Te+](c1ccccc1)C(F)(F)F. The molecule has 0 nitrogen and oxygen atoms in total. The van der Waals surface area contributed by atoms with Crippen molar-refractivity contribution in [2.75, 3.05) is 0 Å². The normalized spacial score (nSPS) is 12.1. The molecule has 0 aliphatic carbocycles. The summed E-state index contributed by atoms with van der Waals surface area (Å²) in [5.74, 6) is 0. The van der Waals surface area contributed by atoms with Crippen LogP contribution in [0.25, 0.3) is 0 Å². The van der Waals surface area contributed by atoms with Gasteiger partial charge in [0.1, 0.15) is 0 Å². The molecule has 66 valence electrons. The third kappa shape index (κ3) is 2.40. The Hall–Kier alpha value is -0.200. The van der Waals surface area contributed by atoms with Gasteiger partial charge in [-0.2, -0.15) is 0 Å². The fraction of sp³-hybridized carbons (Fsp3) is 0.250. The molecule has 0 aliphatic heterocycles. The molecule has 1 aromatic carbocycles. The van der Waals surface area contributed by atoms with Crippen LogP contribution >= 0.6 is 0 Å². The van der Waals surface area contributed by atoms with Gasteiger partial charge in [0.2, 0.25) is 0 Å². The molecule has 0 N–H and O–H groups in total. The van der Waals surface area contributed by atoms with Gasteiger partial charge in [-0.25, -0.2) is 0 Å². The van der Waals surface area contributed by atoms with Crippen LogP contribution in [0.2, 0.25) is 4.97 Å². The van der Waals surface area contributed by atoms with Gasteiger partial charge in [-0.05, 0) is 0 Å². The second-order valence-corrected chi connectivity index (χ2v) is 7.85. The summed E-state index contributed by atoms with van der Waals surface area (Å²) >= 11 is -3.06. The molecule has 0 saturated carbocycles. The van der Waals surface area contributed by atoms with Gasteiger partial charge in [0.05, 0.1) is 0 Å². The van der Waals surface area contributed by atoms with Crippen LogP contribution in [-0.2, 0) is 0 Å². The molecule has 0 aromatic heterocycles. The Morgan fingerprint density at radius 3 is 2.00 bits per heavy atom. The van der Waals surface area contributed by atoms with Crippen molar-refractivity contribution in [3.63, 3.8) is 0 Å². The molecule has 12 heavy (non-hydrogen) atoms. The quantitative estimate of drug-likeness (QED) is 0.695. The van der Waals surface area contributed by atoms with Crippen LogP contribution in [0.1, 0.15) is 0 Å². The maximum absolute atomic E-state index is 12.2. The molecule has 0 bridgehead atoms. The molecule has 0 radical (unpaired) electrons. The van der Waals surface area contributed by atoms with E-state index in [9.17, 15) is 13.2 Å². The minimum absolute atomic E-state index is 0.480. The maximum atomic E-state index is 12.2. The van der Waals surface area contributed by atoms with Gasteiger partial charge in [-0.3, -0.25) is 0 Å². The van der Waals surface area contributed by atoms with E-state index in [0.29, 0.717) is 3.61 Å². The number of hydrogen-bond acceptors (Lipinski definition) is 0. The first kappa shape index (κ1) is 9.88. The van der Waals surface area contributed by atoms with Crippen molar-refractivity contribution in [1.29, 1.82) is 0 Å². The van der Waals surface area contributed by atoms with E-state index in [1.54, 1.807) is 30.3 Å². The molecule has 0 fully saturated rings. The van der Waals surface area contributed by atoms with Crippen molar-refractivity contribution in [3.8, 4) is 0 Å². The molecular formula is C8H8F3Te+. The van der Waals surface area contributed by atoms with Crippen molar-refractivity contribution in [1.82, 2.24) is 0 Å². The third-order valence-electron chi connectivity index (χ3n) is 1.44. The molecule has 1 aromatic rings. The van der Waals surface area contributed by atoms with Crippen molar-refractivity contribution in [3.05, 3.63) is 30.3 Å². The third-order valence-corrected chi connectivity index (χ3v) is 6.22. The van der Waals surface area contributed by atoms with Crippen molar-refractivity contribution < 1.29 is 13.2 Å². The first-order chi connectivity index (χ1) is 5.52. The zero-order valence-corrected chi connectivity index (χ0v) is 8.76. The van der Waals surface area contributed by atoms with E-state index < -0.39 is 23.8 Å². The van der Waals surface area contributed by atoms with E-state index >= 15 is 0 Å². The predicted molar refractivity (Wildman–Crippen MR) is 43.7 cm³/mol. The number of halogens is 3. The van der Waals surface area contributed by atoms with Crippen molar-refractivity contribution in [2.45, 2.75) is 9.20 Å². The zero-order chi connectivity index (χ0) is 9.19. The Morgan fingerprint density at radius 1 is 1.08 bits per heavy atom. The second-order valence-electron chi connectivity index (χ2n) is 2.27. The molecule has 0 spiro atoms. The summed E-state index contributed by atoms with van der Waals surface area (Å²) in [4.78, 5) is 1.33. The Morgan fingerprint density at radius 2 is 1.58 bits per heavy atom. The molecule has 0 aliphatic rings. The van der Waals surface area contributed by atoms with Crippen LogP contribution in [0.5, 0.6) is 0 Å². The van der Waals surface area contributed by atoms with Crippen LogP contribution in [0.4, 0.5) is 13.2 Å². The van der Waals surface area contributed by atoms with Crippen molar-refractivity contribution in [2.24, 2.45) is 0 Å². The first-order valence-electron chi connectivity index (χ1n) is 3.29. The summed E-state index contributed by atoms with van der Waals surface area (Å²) in [6, 6.07) is 8.15. The van der Waals surface area contributed by atoms with Gasteiger partial charge in [0.25, 0.3) is 0 Å². The predicted octanol–water partition coefficient (Wildman–Crippen LogP) is 2.12. The van der Waals surface area contributed by atoms with E-state index in [-0.39, 0.29) is 0 Å². The fourth-order valence-electron chi connectivity index (χ4n) is 0.758. The molecule has 0 heterocycles. The van der Waals surface area contributed by atoms with Gasteiger partial charge in [-0.15, -0.1) is 0 Å². The Bertz CT molecular complexity index is 242. The molecule has 0 amide bonds. The summed E-state index contributed by atoms with van der Waals surface area (Å²) in [6.07, 6.45) is 0. The van der Waals surface area contributed by atoms with Crippen molar-refractivity contribution >= 4 is 23.2 Å². The summed E-state index contributed by atoms with van der Waals surface area (Å²) in [6.45, 7) is 0. The van der Waals surface area contributed by atoms with Crippen LogP contribution in [0.15, 0.2) is 30.3 Å². The van der Waals surface area contributed by atoms with Gasteiger partial charge in [0, 0.05) is 0 Å². The van der Waals surface area contributed by atoms with E-state index in [4.69, 9.17) is 0 Å². The Kier molecular flexibility index (Phi) is 3.03. The van der Waals surface area contributed by atoms with E-state index in [0.717, 1.165) is 0 Å². The summed E-state index contributed by atoms with van der Waals surface area (Å²) < 4.78 is 33.1. The van der Waals surface area contributed by atoms with E-state index in [2.05, 4.69) is 0 Å². The molecule has 0 saturated heterocycles.